The molecule has 1 aromatic carbocycles. The Hall–Kier alpha value is -2.57. The maximum absolute atomic E-state index is 11.7. The molecule has 0 spiro atoms. The second-order valence-corrected chi connectivity index (χ2v) is 4.49. The Morgan fingerprint density at radius 2 is 1.86 bits per heavy atom. The number of aliphatic carboxylic acids is 1. The number of urea groups is 1. The Kier molecular flexibility index (Phi) is 6.73. The molecule has 0 saturated heterocycles. The summed E-state index contributed by atoms with van der Waals surface area (Å²) < 4.78 is 0. The molecule has 0 aliphatic heterocycles. The molecule has 0 aliphatic carbocycles. The SMILES string of the molecule is CN(CCCC(=O)O)C(=O)CNC(=O)Nc1ccccc1. The van der Waals surface area contributed by atoms with Gasteiger partial charge in [-0.25, -0.2) is 4.79 Å². The van der Waals surface area contributed by atoms with Crippen LogP contribution in [-0.2, 0) is 9.59 Å². The van der Waals surface area contributed by atoms with Gasteiger partial charge in [0.1, 0.15) is 0 Å². The van der Waals surface area contributed by atoms with E-state index in [1.54, 1.807) is 31.3 Å². The minimum atomic E-state index is -0.892. The van der Waals surface area contributed by atoms with Crippen LogP contribution in [-0.4, -0.2) is 48.1 Å². The number of carboxylic acid groups (broad SMARTS) is 1. The first kappa shape index (κ1) is 16.5. The molecule has 0 aromatic heterocycles. The van der Waals surface area contributed by atoms with Crippen LogP contribution in [0.1, 0.15) is 12.8 Å². The highest BCUT2D eigenvalue weighted by Gasteiger charge is 2.10. The molecular weight excluding hydrogens is 274 g/mol. The smallest absolute Gasteiger partial charge is 0.319 e. The normalized spacial score (nSPS) is 9.76. The van der Waals surface area contributed by atoms with Crippen molar-refractivity contribution in [1.29, 1.82) is 0 Å². The van der Waals surface area contributed by atoms with Gasteiger partial charge in [-0.3, -0.25) is 9.59 Å². The maximum Gasteiger partial charge on any atom is 0.319 e. The van der Waals surface area contributed by atoms with E-state index < -0.39 is 12.0 Å². The fourth-order valence-corrected chi connectivity index (χ4v) is 1.58. The van der Waals surface area contributed by atoms with E-state index in [2.05, 4.69) is 10.6 Å². The van der Waals surface area contributed by atoms with E-state index in [0.29, 0.717) is 18.7 Å². The van der Waals surface area contributed by atoms with E-state index in [1.807, 2.05) is 6.07 Å². The predicted molar refractivity (Wildman–Crippen MR) is 78.0 cm³/mol. The number of rotatable bonds is 7. The topological polar surface area (TPSA) is 98.7 Å². The third kappa shape index (κ3) is 6.95. The summed E-state index contributed by atoms with van der Waals surface area (Å²) in [4.78, 5) is 35.0. The molecule has 1 rings (SSSR count). The number of benzene rings is 1. The summed E-state index contributed by atoms with van der Waals surface area (Å²) in [6.45, 7) is 0.204. The first-order chi connectivity index (χ1) is 9.99. The van der Waals surface area contributed by atoms with Crippen molar-refractivity contribution in [2.75, 3.05) is 25.5 Å². The van der Waals surface area contributed by atoms with Crippen LogP contribution in [0.4, 0.5) is 10.5 Å². The summed E-state index contributed by atoms with van der Waals surface area (Å²) >= 11 is 0. The molecule has 0 bridgehead atoms. The van der Waals surface area contributed by atoms with E-state index in [1.165, 1.54) is 4.90 Å². The van der Waals surface area contributed by atoms with Gasteiger partial charge in [0.2, 0.25) is 5.91 Å². The summed E-state index contributed by atoms with van der Waals surface area (Å²) in [5, 5.41) is 13.6. The minimum Gasteiger partial charge on any atom is -0.481 e. The fourth-order valence-electron chi connectivity index (χ4n) is 1.58. The molecule has 3 N–H and O–H groups in total. The monoisotopic (exact) mass is 293 g/mol. The largest absolute Gasteiger partial charge is 0.481 e. The molecule has 3 amide bonds. The lowest BCUT2D eigenvalue weighted by Gasteiger charge is -2.17. The molecule has 1 aromatic rings. The lowest BCUT2D eigenvalue weighted by Crippen LogP contribution is -2.40. The lowest BCUT2D eigenvalue weighted by atomic mass is 10.3. The molecule has 7 nitrogen and oxygen atoms in total. The Bertz CT molecular complexity index is 490. The van der Waals surface area contributed by atoms with Crippen molar-refractivity contribution in [1.82, 2.24) is 10.2 Å². The highest BCUT2D eigenvalue weighted by Crippen LogP contribution is 2.04. The molecule has 0 fully saturated rings. The van der Waals surface area contributed by atoms with Gasteiger partial charge in [-0.2, -0.15) is 0 Å². The van der Waals surface area contributed by atoms with Crippen molar-refractivity contribution in [2.45, 2.75) is 12.8 Å². The Balaban J connectivity index is 2.25. The van der Waals surface area contributed by atoms with Crippen LogP contribution in [0.5, 0.6) is 0 Å². The van der Waals surface area contributed by atoms with Crippen molar-refractivity contribution in [3.8, 4) is 0 Å². The van der Waals surface area contributed by atoms with E-state index >= 15 is 0 Å². The van der Waals surface area contributed by atoms with Crippen LogP contribution in [0.2, 0.25) is 0 Å². The van der Waals surface area contributed by atoms with E-state index in [-0.39, 0.29) is 18.9 Å². The summed E-state index contributed by atoms with van der Waals surface area (Å²) in [6, 6.07) is 8.42. The summed E-state index contributed by atoms with van der Waals surface area (Å²) in [6.07, 6.45) is 0.396. The van der Waals surface area contributed by atoms with Gasteiger partial charge in [0.15, 0.2) is 0 Å². The third-order valence-corrected chi connectivity index (χ3v) is 2.74. The number of nitrogens with one attached hydrogen (secondary N) is 2. The Morgan fingerprint density at radius 3 is 2.48 bits per heavy atom. The van der Waals surface area contributed by atoms with Crippen molar-refractivity contribution >= 4 is 23.6 Å². The number of carboxylic acids is 1. The average molecular weight is 293 g/mol. The molecule has 0 saturated carbocycles. The van der Waals surface area contributed by atoms with Crippen LogP contribution in [0.25, 0.3) is 0 Å². The van der Waals surface area contributed by atoms with Crippen LogP contribution in [0, 0.1) is 0 Å². The zero-order valence-corrected chi connectivity index (χ0v) is 11.8. The van der Waals surface area contributed by atoms with Gasteiger partial charge in [0, 0.05) is 25.7 Å². The zero-order chi connectivity index (χ0) is 15.7. The number of amides is 3. The predicted octanol–water partition coefficient (Wildman–Crippen LogP) is 1.13. The second kappa shape index (κ2) is 8.57. The molecule has 0 heterocycles. The van der Waals surface area contributed by atoms with Crippen molar-refractivity contribution in [3.63, 3.8) is 0 Å². The lowest BCUT2D eigenvalue weighted by molar-refractivity contribution is -0.137. The average Bonchev–Trinajstić information content (AvgIpc) is 2.45. The van der Waals surface area contributed by atoms with E-state index in [4.69, 9.17) is 5.11 Å². The van der Waals surface area contributed by atoms with Gasteiger partial charge >= 0.3 is 12.0 Å². The minimum absolute atomic E-state index is 0.0134. The summed E-state index contributed by atoms with van der Waals surface area (Å²) in [7, 11) is 1.57. The molecular formula is C14H19N3O4. The van der Waals surface area contributed by atoms with Gasteiger partial charge in [0.25, 0.3) is 0 Å². The fraction of sp³-hybridized carbons (Fsp3) is 0.357. The van der Waals surface area contributed by atoms with Gasteiger partial charge < -0.3 is 20.6 Å². The van der Waals surface area contributed by atoms with E-state index in [9.17, 15) is 14.4 Å². The van der Waals surface area contributed by atoms with Gasteiger partial charge in [0.05, 0.1) is 6.54 Å². The van der Waals surface area contributed by atoms with Crippen molar-refractivity contribution in [3.05, 3.63) is 30.3 Å². The first-order valence-corrected chi connectivity index (χ1v) is 6.54. The third-order valence-electron chi connectivity index (χ3n) is 2.74. The second-order valence-electron chi connectivity index (χ2n) is 4.49. The maximum atomic E-state index is 11.7. The number of likely N-dealkylation sites (N-methyl/N-ethyl adjacent to an activating group) is 1. The van der Waals surface area contributed by atoms with Crippen LogP contribution in [0.3, 0.4) is 0 Å². The molecule has 0 radical (unpaired) electrons. The summed E-state index contributed by atoms with van der Waals surface area (Å²) in [5.41, 5.74) is 0.636. The number of carbonyl (C=O) groups excluding carboxylic acids is 2. The molecule has 0 unspecified atom stereocenters. The molecule has 114 valence electrons. The number of carbonyl (C=O) groups is 3. The highest BCUT2D eigenvalue weighted by atomic mass is 16.4. The standard InChI is InChI=1S/C14H19N3O4/c1-17(9-5-8-13(19)20)12(18)10-15-14(21)16-11-6-3-2-4-7-11/h2-4,6-7H,5,8-10H2,1H3,(H,19,20)(H2,15,16,21). The zero-order valence-electron chi connectivity index (χ0n) is 11.8. The number of anilines is 1. The molecule has 21 heavy (non-hydrogen) atoms. The number of para-hydroxylation sites is 1. The number of nitrogens with zero attached hydrogens (tertiary/aromatic N) is 1. The van der Waals surface area contributed by atoms with Gasteiger partial charge in [-0.15, -0.1) is 0 Å². The van der Waals surface area contributed by atoms with Crippen LogP contribution < -0.4 is 10.6 Å². The van der Waals surface area contributed by atoms with E-state index in [0.717, 1.165) is 0 Å². The number of hydrogen-bond acceptors (Lipinski definition) is 3. The molecule has 0 atom stereocenters. The van der Waals surface area contributed by atoms with Crippen molar-refractivity contribution in [2.24, 2.45) is 0 Å². The highest BCUT2D eigenvalue weighted by molar-refractivity contribution is 5.92. The number of hydrogen-bond donors (Lipinski definition) is 3. The van der Waals surface area contributed by atoms with Gasteiger partial charge in [-0.1, -0.05) is 18.2 Å². The van der Waals surface area contributed by atoms with Crippen LogP contribution >= 0.6 is 0 Å². The van der Waals surface area contributed by atoms with Gasteiger partial charge in [-0.05, 0) is 18.6 Å². The quantitative estimate of drug-likeness (QED) is 0.701. The Morgan fingerprint density at radius 1 is 1.19 bits per heavy atom. The first-order valence-electron chi connectivity index (χ1n) is 6.54. The van der Waals surface area contributed by atoms with Crippen LogP contribution in [0.15, 0.2) is 30.3 Å². The molecule has 0 aliphatic rings. The van der Waals surface area contributed by atoms with Crippen molar-refractivity contribution < 1.29 is 19.5 Å². The molecule has 7 heteroatoms. The summed E-state index contributed by atoms with van der Waals surface area (Å²) in [5.74, 6) is -1.17. The Labute approximate surface area is 122 Å².